The van der Waals surface area contributed by atoms with Gasteiger partial charge in [0, 0.05) is 5.69 Å². The minimum Gasteiger partial charge on any atom is -0.453 e. The van der Waals surface area contributed by atoms with Crippen LogP contribution in [0.25, 0.3) is 11.0 Å². The lowest BCUT2D eigenvalue weighted by Gasteiger charge is -2.02. The summed E-state index contributed by atoms with van der Waals surface area (Å²) in [5.74, 6) is 0.116. The standard InChI is InChI=1S/C14H12N4O3S/c1-21-14(20)18-13-16-9-5-4-8(7-10(9)17-13)15-12(19)11-3-2-6-22-11/h2-7H,1H3,(H,15,19)(H2,16,17,18,20). The average Bonchev–Trinajstić information content (AvgIpc) is 3.15. The summed E-state index contributed by atoms with van der Waals surface area (Å²) >= 11 is 1.37. The minimum atomic E-state index is -0.606. The van der Waals surface area contributed by atoms with Gasteiger partial charge in [-0.3, -0.25) is 10.1 Å². The highest BCUT2D eigenvalue weighted by atomic mass is 32.1. The molecule has 0 saturated heterocycles. The van der Waals surface area contributed by atoms with Crippen molar-refractivity contribution < 1.29 is 14.3 Å². The number of nitrogens with one attached hydrogen (secondary N) is 3. The van der Waals surface area contributed by atoms with E-state index < -0.39 is 6.09 Å². The number of hydrogen-bond acceptors (Lipinski definition) is 5. The smallest absolute Gasteiger partial charge is 0.413 e. The maximum absolute atomic E-state index is 12.0. The van der Waals surface area contributed by atoms with Crippen LogP contribution in [0.15, 0.2) is 35.7 Å². The fourth-order valence-corrected chi connectivity index (χ4v) is 2.51. The molecule has 3 rings (SSSR count). The Labute approximate surface area is 129 Å². The number of imidazole rings is 1. The largest absolute Gasteiger partial charge is 0.453 e. The highest BCUT2D eigenvalue weighted by Crippen LogP contribution is 2.20. The van der Waals surface area contributed by atoms with E-state index in [9.17, 15) is 9.59 Å². The molecule has 0 radical (unpaired) electrons. The van der Waals surface area contributed by atoms with Crippen molar-refractivity contribution in [3.05, 3.63) is 40.6 Å². The summed E-state index contributed by atoms with van der Waals surface area (Å²) in [5.41, 5.74) is 2.00. The number of methoxy groups -OCH3 is 1. The van der Waals surface area contributed by atoms with Gasteiger partial charge in [0.25, 0.3) is 5.91 Å². The predicted molar refractivity (Wildman–Crippen MR) is 84.4 cm³/mol. The van der Waals surface area contributed by atoms with Gasteiger partial charge in [-0.25, -0.2) is 9.78 Å². The van der Waals surface area contributed by atoms with E-state index in [4.69, 9.17) is 0 Å². The van der Waals surface area contributed by atoms with Crippen molar-refractivity contribution >= 4 is 46.0 Å². The number of rotatable bonds is 3. The Morgan fingerprint density at radius 1 is 1.27 bits per heavy atom. The first-order valence-electron chi connectivity index (χ1n) is 6.35. The van der Waals surface area contributed by atoms with Crippen molar-refractivity contribution in [2.45, 2.75) is 0 Å². The molecule has 3 N–H and O–H groups in total. The van der Waals surface area contributed by atoms with Crippen LogP contribution in [0.2, 0.25) is 0 Å². The van der Waals surface area contributed by atoms with E-state index in [-0.39, 0.29) is 11.9 Å². The Kier molecular flexibility index (Phi) is 3.75. The summed E-state index contributed by atoms with van der Waals surface area (Å²) in [4.78, 5) is 30.9. The third-order valence-corrected chi connectivity index (χ3v) is 3.76. The second-order valence-corrected chi connectivity index (χ2v) is 5.31. The molecule has 0 aliphatic carbocycles. The van der Waals surface area contributed by atoms with Gasteiger partial charge in [0.2, 0.25) is 5.95 Å². The lowest BCUT2D eigenvalue weighted by Crippen LogP contribution is -2.11. The Hall–Kier alpha value is -2.87. The Morgan fingerprint density at radius 2 is 2.14 bits per heavy atom. The zero-order valence-electron chi connectivity index (χ0n) is 11.5. The number of thiophene rings is 1. The maximum atomic E-state index is 12.0. The molecule has 0 saturated carbocycles. The molecule has 3 aromatic rings. The number of hydrogen-bond donors (Lipinski definition) is 3. The van der Waals surface area contributed by atoms with Gasteiger partial charge in [-0.1, -0.05) is 6.07 Å². The number of nitrogens with zero attached hydrogens (tertiary/aromatic N) is 1. The molecule has 0 aliphatic rings. The first-order valence-corrected chi connectivity index (χ1v) is 7.23. The summed E-state index contributed by atoms with van der Waals surface area (Å²) < 4.78 is 4.50. The molecule has 0 aliphatic heterocycles. The molecule has 0 unspecified atom stereocenters. The minimum absolute atomic E-state index is 0.165. The second-order valence-electron chi connectivity index (χ2n) is 4.37. The average molecular weight is 316 g/mol. The summed E-state index contributed by atoms with van der Waals surface area (Å²) in [6.07, 6.45) is -0.606. The van der Waals surface area contributed by atoms with Crippen LogP contribution >= 0.6 is 11.3 Å². The number of fused-ring (bicyclic) bond motifs is 1. The van der Waals surface area contributed by atoms with Crippen molar-refractivity contribution in [1.29, 1.82) is 0 Å². The van der Waals surface area contributed by atoms with Crippen LogP contribution in [0, 0.1) is 0 Å². The Bertz CT molecular complexity index is 826. The monoisotopic (exact) mass is 316 g/mol. The van der Waals surface area contributed by atoms with Gasteiger partial charge in [0.1, 0.15) is 0 Å². The normalized spacial score (nSPS) is 10.4. The van der Waals surface area contributed by atoms with Gasteiger partial charge in [0.15, 0.2) is 0 Å². The summed E-state index contributed by atoms with van der Waals surface area (Å²) in [6.45, 7) is 0. The first kappa shape index (κ1) is 14.1. The van der Waals surface area contributed by atoms with Gasteiger partial charge in [-0.2, -0.15) is 0 Å². The maximum Gasteiger partial charge on any atom is 0.413 e. The molecule has 0 fully saturated rings. The van der Waals surface area contributed by atoms with Crippen molar-refractivity contribution in [2.24, 2.45) is 0 Å². The Balaban J connectivity index is 1.80. The molecule has 0 spiro atoms. The molecule has 1 aromatic carbocycles. The van der Waals surface area contributed by atoms with E-state index in [1.54, 1.807) is 24.3 Å². The van der Waals surface area contributed by atoms with Gasteiger partial charge in [-0.15, -0.1) is 11.3 Å². The number of carbonyl (C=O) groups is 2. The van der Waals surface area contributed by atoms with E-state index in [1.807, 2.05) is 11.4 Å². The van der Waals surface area contributed by atoms with Crippen LogP contribution in [-0.2, 0) is 4.74 Å². The zero-order chi connectivity index (χ0) is 15.5. The van der Waals surface area contributed by atoms with Gasteiger partial charge in [0.05, 0.1) is 23.0 Å². The lowest BCUT2D eigenvalue weighted by molar-refractivity contribution is 0.103. The van der Waals surface area contributed by atoms with E-state index >= 15 is 0 Å². The third-order valence-electron chi connectivity index (χ3n) is 2.89. The van der Waals surface area contributed by atoms with Crippen LogP contribution in [0.1, 0.15) is 9.67 Å². The number of ether oxygens (including phenoxy) is 1. The predicted octanol–water partition coefficient (Wildman–Crippen LogP) is 3.06. The number of benzene rings is 1. The van der Waals surface area contributed by atoms with Crippen molar-refractivity contribution in [2.75, 3.05) is 17.7 Å². The highest BCUT2D eigenvalue weighted by Gasteiger charge is 2.10. The summed E-state index contributed by atoms with van der Waals surface area (Å²) in [6, 6.07) is 8.82. The highest BCUT2D eigenvalue weighted by molar-refractivity contribution is 7.12. The fourth-order valence-electron chi connectivity index (χ4n) is 1.89. The van der Waals surface area contributed by atoms with Crippen LogP contribution in [0.3, 0.4) is 0 Å². The van der Waals surface area contributed by atoms with E-state index in [0.29, 0.717) is 21.6 Å². The van der Waals surface area contributed by atoms with Gasteiger partial charge < -0.3 is 15.0 Å². The Morgan fingerprint density at radius 3 is 2.86 bits per heavy atom. The second kappa shape index (κ2) is 5.86. The molecule has 0 atom stereocenters. The van der Waals surface area contributed by atoms with Crippen LogP contribution in [-0.4, -0.2) is 29.1 Å². The molecule has 0 bridgehead atoms. The van der Waals surface area contributed by atoms with E-state index in [0.717, 1.165) is 0 Å². The topological polar surface area (TPSA) is 96.1 Å². The number of aromatic nitrogens is 2. The number of amides is 2. The number of carbonyl (C=O) groups excluding carboxylic acids is 2. The van der Waals surface area contributed by atoms with Gasteiger partial charge in [-0.05, 0) is 29.6 Å². The van der Waals surface area contributed by atoms with E-state index in [2.05, 4.69) is 25.3 Å². The van der Waals surface area contributed by atoms with Crippen LogP contribution < -0.4 is 10.6 Å². The van der Waals surface area contributed by atoms with Crippen molar-refractivity contribution in [1.82, 2.24) is 9.97 Å². The molecular weight excluding hydrogens is 304 g/mol. The van der Waals surface area contributed by atoms with Crippen LogP contribution in [0.4, 0.5) is 16.4 Å². The third kappa shape index (κ3) is 2.91. The molecule has 22 heavy (non-hydrogen) atoms. The molecule has 7 nitrogen and oxygen atoms in total. The number of H-pyrrole nitrogens is 1. The molecule has 112 valence electrons. The SMILES string of the molecule is COC(=O)Nc1nc2ccc(NC(=O)c3cccs3)cc2[nH]1. The zero-order valence-corrected chi connectivity index (χ0v) is 12.4. The molecular formula is C14H12N4O3S. The molecule has 2 aromatic heterocycles. The first-order chi connectivity index (χ1) is 10.7. The number of anilines is 2. The quantitative estimate of drug-likeness (QED) is 0.692. The summed E-state index contributed by atoms with van der Waals surface area (Å²) in [5, 5.41) is 7.10. The molecule has 8 heteroatoms. The molecule has 2 amide bonds. The number of aromatic amines is 1. The molecule has 2 heterocycles. The fraction of sp³-hybridized carbons (Fsp3) is 0.0714. The van der Waals surface area contributed by atoms with Gasteiger partial charge >= 0.3 is 6.09 Å². The lowest BCUT2D eigenvalue weighted by atomic mass is 10.2. The van der Waals surface area contributed by atoms with Crippen molar-refractivity contribution in [3.8, 4) is 0 Å². The van der Waals surface area contributed by atoms with E-state index in [1.165, 1.54) is 18.4 Å². The van der Waals surface area contributed by atoms with Crippen LogP contribution in [0.5, 0.6) is 0 Å². The van der Waals surface area contributed by atoms with Crippen molar-refractivity contribution in [3.63, 3.8) is 0 Å². The summed E-state index contributed by atoms with van der Waals surface area (Å²) in [7, 11) is 1.27.